The number of rotatable bonds is 4. The number of aryl methyl sites for hydroxylation is 3. The molecule has 108 valence electrons. The lowest BCUT2D eigenvalue weighted by molar-refractivity contribution is 0.313. The fourth-order valence-corrected chi connectivity index (χ4v) is 2.37. The molecule has 0 fully saturated rings. The van der Waals surface area contributed by atoms with E-state index in [2.05, 4.69) is 26.9 Å². The quantitative estimate of drug-likeness (QED) is 0.906. The molecule has 6 nitrogen and oxygen atoms in total. The molecule has 2 heterocycles. The smallest absolute Gasteiger partial charge is 0.251 e. The minimum Gasteiger partial charge on any atom is -0.311 e. The zero-order chi connectivity index (χ0) is 14.9. The molecule has 1 N–H and O–H groups in total. The van der Waals surface area contributed by atoms with E-state index < -0.39 is 0 Å². The Balaban J connectivity index is 2.12. The van der Waals surface area contributed by atoms with Crippen molar-refractivity contribution < 1.29 is 0 Å². The molecule has 0 aliphatic heterocycles. The Morgan fingerprint density at radius 2 is 2.00 bits per heavy atom. The van der Waals surface area contributed by atoms with Crippen molar-refractivity contribution in [2.45, 2.75) is 33.9 Å². The van der Waals surface area contributed by atoms with Gasteiger partial charge in [-0.05, 0) is 27.8 Å². The third-order valence-corrected chi connectivity index (χ3v) is 3.43. The standard InChI is InChI=1S/C14H21N5O/c1-9-13(10(2)19(5)17-9)8-18(4)7-12-6-14(20)16-11(3)15-12/h6H,7-8H2,1-5H3,(H,15,16,20). The molecule has 0 aromatic carbocycles. The van der Waals surface area contributed by atoms with Crippen molar-refractivity contribution in [3.63, 3.8) is 0 Å². The van der Waals surface area contributed by atoms with Crippen molar-refractivity contribution in [3.05, 3.63) is 44.9 Å². The maximum Gasteiger partial charge on any atom is 0.251 e. The van der Waals surface area contributed by atoms with Crippen LogP contribution in [-0.4, -0.2) is 31.7 Å². The van der Waals surface area contributed by atoms with Crippen molar-refractivity contribution in [1.82, 2.24) is 24.6 Å². The van der Waals surface area contributed by atoms with Gasteiger partial charge in [0, 0.05) is 37.5 Å². The highest BCUT2D eigenvalue weighted by atomic mass is 16.1. The first-order valence-corrected chi connectivity index (χ1v) is 6.61. The van der Waals surface area contributed by atoms with Crippen LogP contribution in [0.25, 0.3) is 0 Å². The number of hydrogen-bond acceptors (Lipinski definition) is 4. The molecule has 2 aromatic rings. The lowest BCUT2D eigenvalue weighted by Crippen LogP contribution is -2.21. The first-order chi connectivity index (χ1) is 9.36. The van der Waals surface area contributed by atoms with Gasteiger partial charge in [-0.25, -0.2) is 4.98 Å². The molecule has 0 saturated heterocycles. The van der Waals surface area contributed by atoms with Crippen molar-refractivity contribution in [2.24, 2.45) is 7.05 Å². The van der Waals surface area contributed by atoms with Gasteiger partial charge >= 0.3 is 0 Å². The lowest BCUT2D eigenvalue weighted by Gasteiger charge is -2.16. The Bertz CT molecular complexity index is 671. The summed E-state index contributed by atoms with van der Waals surface area (Å²) in [5.74, 6) is 0.648. The third kappa shape index (κ3) is 3.14. The van der Waals surface area contributed by atoms with E-state index in [0.717, 1.165) is 17.9 Å². The molecule has 0 aliphatic carbocycles. The number of H-pyrrole nitrogens is 1. The highest BCUT2D eigenvalue weighted by molar-refractivity contribution is 5.24. The molecule has 0 bridgehead atoms. The number of aromatic nitrogens is 4. The summed E-state index contributed by atoms with van der Waals surface area (Å²) in [5, 5.41) is 4.42. The summed E-state index contributed by atoms with van der Waals surface area (Å²) >= 11 is 0. The van der Waals surface area contributed by atoms with E-state index in [1.807, 2.05) is 25.7 Å². The van der Waals surface area contributed by atoms with Gasteiger partial charge < -0.3 is 4.98 Å². The largest absolute Gasteiger partial charge is 0.311 e. The summed E-state index contributed by atoms with van der Waals surface area (Å²) in [6, 6.07) is 1.55. The highest BCUT2D eigenvalue weighted by Gasteiger charge is 2.12. The predicted octanol–water partition coefficient (Wildman–Crippen LogP) is 1.06. The average molecular weight is 275 g/mol. The molecule has 0 aliphatic rings. The Kier molecular flexibility index (Phi) is 4.04. The van der Waals surface area contributed by atoms with Gasteiger partial charge in [-0.15, -0.1) is 0 Å². The summed E-state index contributed by atoms with van der Waals surface area (Å²) in [6.45, 7) is 7.31. The van der Waals surface area contributed by atoms with Gasteiger partial charge in [0.15, 0.2) is 0 Å². The zero-order valence-electron chi connectivity index (χ0n) is 12.7. The first kappa shape index (κ1) is 14.5. The molecule has 2 aromatic heterocycles. The second kappa shape index (κ2) is 5.58. The summed E-state index contributed by atoms with van der Waals surface area (Å²) in [4.78, 5) is 20.6. The van der Waals surface area contributed by atoms with E-state index in [4.69, 9.17) is 0 Å². The molecule has 0 unspecified atom stereocenters. The van der Waals surface area contributed by atoms with Gasteiger partial charge in [-0.1, -0.05) is 0 Å². The van der Waals surface area contributed by atoms with E-state index in [9.17, 15) is 4.79 Å². The van der Waals surface area contributed by atoms with Gasteiger partial charge in [-0.3, -0.25) is 14.4 Å². The molecule has 0 saturated carbocycles. The maximum absolute atomic E-state index is 11.4. The van der Waals surface area contributed by atoms with Gasteiger partial charge in [0.25, 0.3) is 5.56 Å². The SMILES string of the molecule is Cc1nc(CN(C)Cc2c(C)nn(C)c2C)cc(=O)[nH]1. The van der Waals surface area contributed by atoms with Crippen LogP contribution in [0.15, 0.2) is 10.9 Å². The Labute approximate surface area is 118 Å². The maximum atomic E-state index is 11.4. The van der Waals surface area contributed by atoms with Crippen molar-refractivity contribution in [1.29, 1.82) is 0 Å². The van der Waals surface area contributed by atoms with Crippen LogP contribution in [0.3, 0.4) is 0 Å². The summed E-state index contributed by atoms with van der Waals surface area (Å²) in [6.07, 6.45) is 0. The number of nitrogens with one attached hydrogen (secondary N) is 1. The summed E-state index contributed by atoms with van der Waals surface area (Å²) < 4.78 is 1.90. The fourth-order valence-electron chi connectivity index (χ4n) is 2.37. The van der Waals surface area contributed by atoms with Crippen LogP contribution >= 0.6 is 0 Å². The minimum absolute atomic E-state index is 0.102. The fraction of sp³-hybridized carbons (Fsp3) is 0.500. The van der Waals surface area contributed by atoms with E-state index in [0.29, 0.717) is 12.4 Å². The van der Waals surface area contributed by atoms with Crippen LogP contribution < -0.4 is 5.56 Å². The molecule has 20 heavy (non-hydrogen) atoms. The zero-order valence-corrected chi connectivity index (χ0v) is 12.7. The van der Waals surface area contributed by atoms with Crippen molar-refractivity contribution >= 4 is 0 Å². The Hall–Kier alpha value is -1.95. The number of hydrogen-bond donors (Lipinski definition) is 1. The van der Waals surface area contributed by atoms with Gasteiger partial charge in [-0.2, -0.15) is 5.10 Å². The molecular formula is C14H21N5O. The molecule has 0 radical (unpaired) electrons. The van der Waals surface area contributed by atoms with Crippen LogP contribution in [0.1, 0.15) is 28.5 Å². The topological polar surface area (TPSA) is 66.8 Å². The van der Waals surface area contributed by atoms with Crippen molar-refractivity contribution in [3.8, 4) is 0 Å². The lowest BCUT2D eigenvalue weighted by atomic mass is 10.2. The monoisotopic (exact) mass is 275 g/mol. The van der Waals surface area contributed by atoms with Crippen LogP contribution in [0.5, 0.6) is 0 Å². The van der Waals surface area contributed by atoms with Gasteiger partial charge in [0.05, 0.1) is 11.4 Å². The van der Waals surface area contributed by atoms with E-state index >= 15 is 0 Å². The van der Waals surface area contributed by atoms with Gasteiger partial charge in [0.2, 0.25) is 0 Å². The van der Waals surface area contributed by atoms with Crippen molar-refractivity contribution in [2.75, 3.05) is 7.05 Å². The Morgan fingerprint density at radius 1 is 1.30 bits per heavy atom. The molecule has 0 amide bonds. The summed E-state index contributed by atoms with van der Waals surface area (Å²) in [5.41, 5.74) is 4.13. The van der Waals surface area contributed by atoms with Crippen LogP contribution in [-0.2, 0) is 20.1 Å². The van der Waals surface area contributed by atoms with Crippen LogP contribution in [0.4, 0.5) is 0 Å². The second-order valence-corrected chi connectivity index (χ2v) is 5.27. The van der Waals surface area contributed by atoms with Crippen LogP contribution in [0.2, 0.25) is 0 Å². The molecule has 2 rings (SSSR count). The third-order valence-electron chi connectivity index (χ3n) is 3.43. The normalized spacial score (nSPS) is 11.3. The molecular weight excluding hydrogens is 254 g/mol. The minimum atomic E-state index is -0.102. The highest BCUT2D eigenvalue weighted by Crippen LogP contribution is 2.14. The van der Waals surface area contributed by atoms with E-state index in [1.54, 1.807) is 13.0 Å². The average Bonchev–Trinajstić information content (AvgIpc) is 2.54. The number of aromatic amines is 1. The van der Waals surface area contributed by atoms with Crippen LogP contribution in [0, 0.1) is 20.8 Å². The Morgan fingerprint density at radius 3 is 2.55 bits per heavy atom. The predicted molar refractivity (Wildman–Crippen MR) is 77.4 cm³/mol. The van der Waals surface area contributed by atoms with E-state index in [-0.39, 0.29) is 5.56 Å². The van der Waals surface area contributed by atoms with E-state index in [1.165, 1.54) is 11.3 Å². The molecule has 0 spiro atoms. The summed E-state index contributed by atoms with van der Waals surface area (Å²) in [7, 11) is 3.97. The van der Waals surface area contributed by atoms with Gasteiger partial charge in [0.1, 0.15) is 5.82 Å². The number of nitrogens with zero attached hydrogens (tertiary/aromatic N) is 4. The second-order valence-electron chi connectivity index (χ2n) is 5.27. The first-order valence-electron chi connectivity index (χ1n) is 6.61. The molecule has 0 atom stereocenters. The molecule has 6 heteroatoms.